The van der Waals surface area contributed by atoms with Crippen LogP contribution in [0.15, 0.2) is 12.1 Å². The molecule has 1 aromatic rings. The standard InChI is InChI=1S/C17H25N3O/c1-13(2)10-19-11-15-16(5-4-14(3)20-15)21-12-17(6-7-17)8-9-18/h4-5,13,19H,6-8,10-12H2,1-3H3. The molecule has 0 spiro atoms. The van der Waals surface area contributed by atoms with Gasteiger partial charge in [-0.3, -0.25) is 4.98 Å². The van der Waals surface area contributed by atoms with E-state index in [4.69, 9.17) is 10.00 Å². The molecule has 0 aromatic carbocycles. The Morgan fingerprint density at radius 1 is 1.43 bits per heavy atom. The van der Waals surface area contributed by atoms with E-state index >= 15 is 0 Å². The van der Waals surface area contributed by atoms with Crippen LogP contribution in [-0.2, 0) is 6.54 Å². The van der Waals surface area contributed by atoms with Crippen molar-refractivity contribution in [1.29, 1.82) is 5.26 Å². The van der Waals surface area contributed by atoms with Gasteiger partial charge in [0.15, 0.2) is 0 Å². The van der Waals surface area contributed by atoms with Gasteiger partial charge < -0.3 is 10.1 Å². The van der Waals surface area contributed by atoms with Crippen molar-refractivity contribution < 1.29 is 4.74 Å². The predicted octanol–water partition coefficient (Wildman–Crippen LogP) is 3.21. The highest BCUT2D eigenvalue weighted by molar-refractivity contribution is 5.29. The molecule has 0 atom stereocenters. The quantitative estimate of drug-likeness (QED) is 0.797. The number of rotatable bonds is 8. The van der Waals surface area contributed by atoms with E-state index in [1.54, 1.807) is 0 Å². The molecule has 1 saturated carbocycles. The predicted molar refractivity (Wildman–Crippen MR) is 82.9 cm³/mol. The van der Waals surface area contributed by atoms with E-state index in [1.807, 2.05) is 19.1 Å². The first-order chi connectivity index (χ1) is 10.0. The Morgan fingerprint density at radius 3 is 2.81 bits per heavy atom. The minimum atomic E-state index is 0.0995. The van der Waals surface area contributed by atoms with Crippen LogP contribution in [0.2, 0.25) is 0 Å². The number of nitrogens with zero attached hydrogens (tertiary/aromatic N) is 2. The molecule has 21 heavy (non-hydrogen) atoms. The van der Waals surface area contributed by atoms with Crippen LogP contribution >= 0.6 is 0 Å². The molecule has 0 saturated heterocycles. The van der Waals surface area contributed by atoms with E-state index in [0.29, 0.717) is 18.9 Å². The van der Waals surface area contributed by atoms with Crippen molar-refractivity contribution >= 4 is 0 Å². The number of nitrogens with one attached hydrogen (secondary N) is 1. The fourth-order valence-corrected chi connectivity index (χ4v) is 2.28. The van der Waals surface area contributed by atoms with Gasteiger partial charge in [-0.05, 0) is 44.4 Å². The van der Waals surface area contributed by atoms with Gasteiger partial charge in [-0.25, -0.2) is 0 Å². The third-order valence-electron chi connectivity index (χ3n) is 3.86. The minimum absolute atomic E-state index is 0.0995. The topological polar surface area (TPSA) is 57.9 Å². The normalized spacial score (nSPS) is 15.8. The zero-order valence-corrected chi connectivity index (χ0v) is 13.3. The van der Waals surface area contributed by atoms with Crippen LogP contribution in [0, 0.1) is 29.6 Å². The molecule has 4 nitrogen and oxygen atoms in total. The summed E-state index contributed by atoms with van der Waals surface area (Å²) in [6.07, 6.45) is 2.79. The van der Waals surface area contributed by atoms with Gasteiger partial charge in [0, 0.05) is 24.1 Å². The average molecular weight is 287 g/mol. The Bertz CT molecular complexity index is 515. The molecule has 1 heterocycles. The Balaban J connectivity index is 1.96. The van der Waals surface area contributed by atoms with Gasteiger partial charge in [-0.15, -0.1) is 0 Å². The molecular weight excluding hydrogens is 262 g/mol. The van der Waals surface area contributed by atoms with Gasteiger partial charge >= 0.3 is 0 Å². The van der Waals surface area contributed by atoms with E-state index in [2.05, 4.69) is 30.2 Å². The number of hydrogen-bond acceptors (Lipinski definition) is 4. The van der Waals surface area contributed by atoms with Crippen molar-refractivity contribution in [3.8, 4) is 11.8 Å². The fraction of sp³-hybridized carbons (Fsp3) is 0.647. The number of ether oxygens (including phenoxy) is 1. The van der Waals surface area contributed by atoms with Crippen LogP contribution in [0.1, 0.15) is 44.5 Å². The lowest BCUT2D eigenvalue weighted by atomic mass is 10.1. The summed E-state index contributed by atoms with van der Waals surface area (Å²) in [5.74, 6) is 1.46. The first kappa shape index (κ1) is 15.8. The first-order valence-electron chi connectivity index (χ1n) is 7.72. The molecule has 1 aromatic heterocycles. The molecule has 0 aliphatic heterocycles. The Labute approximate surface area is 127 Å². The summed E-state index contributed by atoms with van der Waals surface area (Å²) in [6.45, 7) is 8.68. The van der Waals surface area contributed by atoms with Gasteiger partial charge in [0.05, 0.1) is 18.4 Å². The highest BCUT2D eigenvalue weighted by Crippen LogP contribution is 2.48. The largest absolute Gasteiger partial charge is 0.491 e. The second-order valence-corrected chi connectivity index (χ2v) is 6.55. The minimum Gasteiger partial charge on any atom is -0.491 e. The molecule has 0 amide bonds. The van der Waals surface area contributed by atoms with Crippen LogP contribution in [0.5, 0.6) is 5.75 Å². The molecule has 2 rings (SSSR count). The monoisotopic (exact) mass is 287 g/mol. The number of hydrogen-bond donors (Lipinski definition) is 1. The van der Waals surface area contributed by atoms with Crippen LogP contribution in [0.3, 0.4) is 0 Å². The Hall–Kier alpha value is -1.60. The lowest BCUT2D eigenvalue weighted by Crippen LogP contribution is -2.21. The van der Waals surface area contributed by atoms with Crippen molar-refractivity contribution in [3.63, 3.8) is 0 Å². The summed E-state index contributed by atoms with van der Waals surface area (Å²) >= 11 is 0. The summed E-state index contributed by atoms with van der Waals surface area (Å²) in [7, 11) is 0. The highest BCUT2D eigenvalue weighted by atomic mass is 16.5. The first-order valence-corrected chi connectivity index (χ1v) is 7.72. The van der Waals surface area contributed by atoms with E-state index < -0.39 is 0 Å². The van der Waals surface area contributed by atoms with Gasteiger partial charge in [0.2, 0.25) is 0 Å². The average Bonchev–Trinajstić information content (AvgIpc) is 3.18. The fourth-order valence-electron chi connectivity index (χ4n) is 2.28. The van der Waals surface area contributed by atoms with Crippen LogP contribution in [-0.4, -0.2) is 18.1 Å². The number of aryl methyl sites for hydroxylation is 1. The molecule has 1 aliphatic rings. The second kappa shape index (κ2) is 6.91. The van der Waals surface area contributed by atoms with Crippen molar-refractivity contribution in [3.05, 3.63) is 23.5 Å². The molecule has 1 aliphatic carbocycles. The third-order valence-corrected chi connectivity index (χ3v) is 3.86. The maximum Gasteiger partial charge on any atom is 0.142 e. The highest BCUT2D eigenvalue weighted by Gasteiger charge is 2.43. The molecule has 114 valence electrons. The second-order valence-electron chi connectivity index (χ2n) is 6.55. The smallest absolute Gasteiger partial charge is 0.142 e. The third kappa shape index (κ3) is 4.71. The van der Waals surface area contributed by atoms with E-state index in [9.17, 15) is 0 Å². The Morgan fingerprint density at radius 2 is 2.19 bits per heavy atom. The Kier molecular flexibility index (Phi) is 5.19. The molecule has 0 bridgehead atoms. The van der Waals surface area contributed by atoms with Crippen molar-refractivity contribution in [1.82, 2.24) is 10.3 Å². The van der Waals surface area contributed by atoms with Crippen LogP contribution in [0.25, 0.3) is 0 Å². The lowest BCUT2D eigenvalue weighted by molar-refractivity contribution is 0.233. The van der Waals surface area contributed by atoms with Crippen molar-refractivity contribution in [2.24, 2.45) is 11.3 Å². The van der Waals surface area contributed by atoms with Crippen molar-refractivity contribution in [2.75, 3.05) is 13.2 Å². The zero-order valence-electron chi connectivity index (χ0n) is 13.3. The molecule has 0 unspecified atom stereocenters. The van der Waals surface area contributed by atoms with E-state index in [-0.39, 0.29) is 5.41 Å². The summed E-state index contributed by atoms with van der Waals surface area (Å²) in [4.78, 5) is 4.58. The molecule has 0 radical (unpaired) electrons. The van der Waals surface area contributed by atoms with Gasteiger partial charge in [-0.1, -0.05) is 13.8 Å². The van der Waals surface area contributed by atoms with Gasteiger partial charge in [0.1, 0.15) is 5.75 Å². The summed E-state index contributed by atoms with van der Waals surface area (Å²) < 4.78 is 5.98. The molecule has 4 heteroatoms. The summed E-state index contributed by atoms with van der Waals surface area (Å²) in [5.41, 5.74) is 2.06. The summed E-state index contributed by atoms with van der Waals surface area (Å²) in [5, 5.41) is 12.3. The SMILES string of the molecule is Cc1ccc(OCC2(CC#N)CC2)c(CNCC(C)C)n1. The van der Waals surface area contributed by atoms with E-state index in [0.717, 1.165) is 43.1 Å². The number of nitriles is 1. The summed E-state index contributed by atoms with van der Waals surface area (Å²) in [6, 6.07) is 6.24. The molecule has 1 N–H and O–H groups in total. The lowest BCUT2D eigenvalue weighted by Gasteiger charge is -2.16. The number of pyridine rings is 1. The maximum atomic E-state index is 8.87. The maximum absolute atomic E-state index is 8.87. The van der Waals surface area contributed by atoms with E-state index in [1.165, 1.54) is 0 Å². The zero-order chi connectivity index (χ0) is 15.3. The number of aromatic nitrogens is 1. The van der Waals surface area contributed by atoms with Gasteiger partial charge in [-0.2, -0.15) is 5.26 Å². The van der Waals surface area contributed by atoms with Crippen LogP contribution in [0.4, 0.5) is 0 Å². The molecular formula is C17H25N3O. The van der Waals surface area contributed by atoms with Crippen molar-refractivity contribution in [2.45, 2.75) is 46.6 Å². The van der Waals surface area contributed by atoms with Crippen LogP contribution < -0.4 is 10.1 Å². The van der Waals surface area contributed by atoms with Gasteiger partial charge in [0.25, 0.3) is 0 Å². The molecule has 1 fully saturated rings.